The van der Waals surface area contributed by atoms with E-state index >= 15 is 0 Å². The number of likely N-dealkylation sites (tertiary alicyclic amines) is 1. The minimum absolute atomic E-state index is 0. The Morgan fingerprint density at radius 2 is 2.00 bits per heavy atom. The number of hydrogen-bond acceptors (Lipinski definition) is 4. The maximum Gasteiger partial charge on any atom is 0.241 e. The Bertz CT molecular complexity index is 396. The summed E-state index contributed by atoms with van der Waals surface area (Å²) in [4.78, 5) is 15.0. The lowest BCUT2D eigenvalue weighted by Crippen LogP contribution is -2.76. The van der Waals surface area contributed by atoms with Crippen LogP contribution in [0.1, 0.15) is 47.0 Å². The fourth-order valence-corrected chi connectivity index (χ4v) is 3.60. The van der Waals surface area contributed by atoms with E-state index in [-0.39, 0.29) is 48.3 Å². The van der Waals surface area contributed by atoms with Crippen LogP contribution >= 0.6 is 24.8 Å². The van der Waals surface area contributed by atoms with Crippen molar-refractivity contribution in [3.63, 3.8) is 0 Å². The molecule has 0 aromatic rings. The highest BCUT2D eigenvalue weighted by Crippen LogP contribution is 2.49. The maximum atomic E-state index is 12.7. The summed E-state index contributed by atoms with van der Waals surface area (Å²) in [7, 11) is 0. The molecule has 2 aliphatic rings. The number of carbonyl (C=O) groups excluding carboxylic acids is 1. The van der Waals surface area contributed by atoms with Crippen LogP contribution in [0.5, 0.6) is 0 Å². The Hall–Kier alpha value is -0.0700. The van der Waals surface area contributed by atoms with E-state index < -0.39 is 5.54 Å². The van der Waals surface area contributed by atoms with Gasteiger partial charge in [0.25, 0.3) is 0 Å². The fraction of sp³-hybridized carbons (Fsp3) is 0.938. The quantitative estimate of drug-likeness (QED) is 0.777. The van der Waals surface area contributed by atoms with Gasteiger partial charge in [0.1, 0.15) is 5.54 Å². The number of likely N-dealkylation sites (N-methyl/N-ethyl adjacent to an activating group) is 1. The molecule has 2 fully saturated rings. The molecule has 0 radical (unpaired) electrons. The first-order chi connectivity index (χ1) is 9.85. The van der Waals surface area contributed by atoms with Crippen molar-refractivity contribution in [2.75, 3.05) is 26.2 Å². The van der Waals surface area contributed by atoms with E-state index in [4.69, 9.17) is 10.5 Å². The first kappa shape index (κ1) is 22.9. The predicted molar refractivity (Wildman–Crippen MR) is 98.5 cm³/mol. The van der Waals surface area contributed by atoms with Crippen molar-refractivity contribution in [2.24, 2.45) is 11.1 Å². The van der Waals surface area contributed by atoms with Gasteiger partial charge in [-0.05, 0) is 32.9 Å². The number of rotatable bonds is 5. The van der Waals surface area contributed by atoms with Crippen molar-refractivity contribution >= 4 is 30.7 Å². The van der Waals surface area contributed by atoms with Gasteiger partial charge in [0.05, 0.1) is 6.10 Å². The Morgan fingerprint density at radius 1 is 1.35 bits per heavy atom. The van der Waals surface area contributed by atoms with Gasteiger partial charge in [0.2, 0.25) is 5.91 Å². The van der Waals surface area contributed by atoms with E-state index in [2.05, 4.69) is 17.1 Å². The maximum absolute atomic E-state index is 12.7. The molecule has 5 nitrogen and oxygen atoms in total. The molecule has 7 heteroatoms. The van der Waals surface area contributed by atoms with Gasteiger partial charge in [0.15, 0.2) is 0 Å². The average molecular weight is 370 g/mol. The monoisotopic (exact) mass is 369 g/mol. The Kier molecular flexibility index (Phi) is 8.83. The lowest BCUT2D eigenvalue weighted by Gasteiger charge is -2.58. The molecule has 0 bridgehead atoms. The second-order valence-corrected chi connectivity index (χ2v) is 7.05. The van der Waals surface area contributed by atoms with E-state index in [9.17, 15) is 4.79 Å². The van der Waals surface area contributed by atoms with Gasteiger partial charge in [-0.15, -0.1) is 24.8 Å². The predicted octanol–water partition coefficient (Wildman–Crippen LogP) is 1.96. The minimum Gasteiger partial charge on any atom is -0.378 e. The van der Waals surface area contributed by atoms with Crippen LogP contribution in [0.15, 0.2) is 0 Å². The van der Waals surface area contributed by atoms with E-state index in [0.717, 1.165) is 32.5 Å². The van der Waals surface area contributed by atoms with Gasteiger partial charge in [0, 0.05) is 31.0 Å². The second-order valence-electron chi connectivity index (χ2n) is 7.05. The van der Waals surface area contributed by atoms with Crippen LogP contribution in [0.3, 0.4) is 0 Å². The van der Waals surface area contributed by atoms with Crippen LogP contribution in [0.25, 0.3) is 0 Å². The summed E-state index contributed by atoms with van der Waals surface area (Å²) in [5.41, 5.74) is 5.31. The van der Waals surface area contributed by atoms with Crippen LogP contribution < -0.4 is 11.1 Å². The van der Waals surface area contributed by atoms with Crippen molar-refractivity contribution in [2.45, 2.75) is 64.6 Å². The molecule has 2 rings (SSSR count). The molecule has 0 spiro atoms. The Morgan fingerprint density at radius 3 is 2.52 bits per heavy atom. The zero-order valence-electron chi connectivity index (χ0n) is 14.8. The summed E-state index contributed by atoms with van der Waals surface area (Å²) in [6, 6.07) is 0.230. The smallest absolute Gasteiger partial charge is 0.241 e. The normalized spacial score (nSPS) is 32.9. The number of piperidine rings is 1. The summed E-state index contributed by atoms with van der Waals surface area (Å²) in [5.74, 6) is -0.00796. The number of ether oxygens (including phenoxy) is 1. The van der Waals surface area contributed by atoms with Gasteiger partial charge < -0.3 is 20.7 Å². The van der Waals surface area contributed by atoms with Crippen molar-refractivity contribution in [1.82, 2.24) is 10.2 Å². The molecule has 3 atom stereocenters. The number of halogens is 2. The molecule has 1 aliphatic heterocycles. The van der Waals surface area contributed by atoms with E-state index in [1.165, 1.54) is 0 Å². The summed E-state index contributed by atoms with van der Waals surface area (Å²) >= 11 is 0. The lowest BCUT2D eigenvalue weighted by atomic mass is 9.54. The Balaban J connectivity index is 0.00000242. The third-order valence-electron chi connectivity index (χ3n) is 5.52. The van der Waals surface area contributed by atoms with E-state index in [1.54, 1.807) is 0 Å². The van der Waals surface area contributed by atoms with Crippen LogP contribution in [0, 0.1) is 5.41 Å². The number of amides is 1. The molecule has 0 aromatic carbocycles. The van der Waals surface area contributed by atoms with Crippen molar-refractivity contribution in [3.8, 4) is 0 Å². The van der Waals surface area contributed by atoms with E-state index in [1.807, 2.05) is 20.8 Å². The summed E-state index contributed by atoms with van der Waals surface area (Å²) in [6.07, 6.45) is 2.88. The fourth-order valence-electron chi connectivity index (χ4n) is 3.60. The SMILES string of the molecule is CCOC1CC(N)(C(=O)NC2CCCN(CC)C2)C1(C)C.Cl.Cl. The number of nitrogens with two attached hydrogens (primary N) is 1. The number of carbonyl (C=O) groups is 1. The average Bonchev–Trinajstić information content (AvgIpc) is 2.46. The van der Waals surface area contributed by atoms with Crippen molar-refractivity contribution in [3.05, 3.63) is 0 Å². The molecular weight excluding hydrogens is 337 g/mol. The molecule has 1 saturated heterocycles. The molecule has 1 amide bonds. The zero-order chi connectivity index (χ0) is 15.7. The molecule has 1 aliphatic carbocycles. The van der Waals surface area contributed by atoms with Gasteiger partial charge in [-0.25, -0.2) is 0 Å². The first-order valence-electron chi connectivity index (χ1n) is 8.29. The molecule has 1 heterocycles. The second kappa shape index (κ2) is 8.86. The van der Waals surface area contributed by atoms with E-state index in [0.29, 0.717) is 13.0 Å². The molecule has 3 N–H and O–H groups in total. The van der Waals surface area contributed by atoms with Crippen molar-refractivity contribution < 1.29 is 9.53 Å². The third kappa shape index (κ3) is 4.31. The molecule has 23 heavy (non-hydrogen) atoms. The van der Waals surface area contributed by atoms with Gasteiger partial charge in [-0.2, -0.15) is 0 Å². The molecule has 138 valence electrons. The molecular formula is C16H33Cl2N3O2. The van der Waals surface area contributed by atoms with Crippen LogP contribution in [-0.2, 0) is 9.53 Å². The Labute approximate surface area is 152 Å². The number of hydrogen-bond donors (Lipinski definition) is 2. The lowest BCUT2D eigenvalue weighted by molar-refractivity contribution is -0.171. The van der Waals surface area contributed by atoms with Crippen LogP contribution in [0.2, 0.25) is 0 Å². The van der Waals surface area contributed by atoms with Crippen LogP contribution in [0.4, 0.5) is 0 Å². The molecule has 1 saturated carbocycles. The molecule has 0 aromatic heterocycles. The van der Waals surface area contributed by atoms with Gasteiger partial charge in [-0.1, -0.05) is 20.8 Å². The van der Waals surface area contributed by atoms with Crippen LogP contribution in [-0.4, -0.2) is 54.7 Å². The van der Waals surface area contributed by atoms with Gasteiger partial charge in [-0.3, -0.25) is 4.79 Å². The van der Waals surface area contributed by atoms with Gasteiger partial charge >= 0.3 is 0 Å². The summed E-state index contributed by atoms with van der Waals surface area (Å²) < 4.78 is 5.69. The largest absolute Gasteiger partial charge is 0.378 e. The highest BCUT2D eigenvalue weighted by atomic mass is 35.5. The minimum atomic E-state index is -0.804. The standard InChI is InChI=1S/C16H31N3O2.2ClH/c1-5-19-9-7-8-12(11-19)18-14(20)16(17)10-13(21-6-2)15(16,3)4;;/h12-13H,5-11,17H2,1-4H3,(H,18,20);2*1H. The number of nitrogens with zero attached hydrogens (tertiary/aromatic N) is 1. The zero-order valence-corrected chi connectivity index (χ0v) is 16.4. The summed E-state index contributed by atoms with van der Waals surface area (Å²) in [6.45, 7) is 12.0. The summed E-state index contributed by atoms with van der Waals surface area (Å²) in [5, 5.41) is 3.18. The highest BCUT2D eigenvalue weighted by Gasteiger charge is 2.63. The third-order valence-corrected chi connectivity index (χ3v) is 5.52. The van der Waals surface area contributed by atoms with Crippen molar-refractivity contribution in [1.29, 1.82) is 0 Å². The number of nitrogens with one attached hydrogen (secondary N) is 1. The highest BCUT2D eigenvalue weighted by molar-refractivity contribution is 5.89. The topological polar surface area (TPSA) is 67.6 Å². The first-order valence-corrected chi connectivity index (χ1v) is 8.29. The molecule has 3 unspecified atom stereocenters.